The van der Waals surface area contributed by atoms with Gasteiger partial charge < -0.3 is 9.84 Å². The van der Waals surface area contributed by atoms with E-state index in [0.29, 0.717) is 5.75 Å². The Morgan fingerprint density at radius 1 is 1.26 bits per heavy atom. The molecule has 3 nitrogen and oxygen atoms in total. The number of hydrogen-bond donors (Lipinski definition) is 1. The molecule has 0 spiro atoms. The fraction of sp³-hybridized carbons (Fsp3) is 0.267. The van der Waals surface area contributed by atoms with Gasteiger partial charge in [0.25, 0.3) is 0 Å². The molecule has 1 atom stereocenters. The number of ether oxygens (including phenoxy) is 1. The average Bonchev–Trinajstić information content (AvgIpc) is 2.44. The van der Waals surface area contributed by atoms with Crippen LogP contribution in [0.25, 0.3) is 10.8 Å². The molecule has 0 heterocycles. The molecule has 2 aromatic rings. The number of methoxy groups -OCH3 is 1. The Balaban J connectivity index is 1.96. The van der Waals surface area contributed by atoms with E-state index in [1.54, 1.807) is 0 Å². The highest BCUT2D eigenvalue weighted by Gasteiger charge is 2.11. The van der Waals surface area contributed by atoms with Crippen LogP contribution in [0.4, 0.5) is 0 Å². The molecule has 0 bridgehead atoms. The predicted octanol–water partition coefficient (Wildman–Crippen LogP) is 2.86. The number of hydrogen-bond acceptors (Lipinski definition) is 4. The van der Waals surface area contributed by atoms with Gasteiger partial charge in [0.1, 0.15) is 0 Å². The minimum Gasteiger partial charge on any atom is -0.469 e. The third-order valence-corrected chi connectivity index (χ3v) is 3.93. The Bertz CT molecular complexity index is 568. The van der Waals surface area contributed by atoms with E-state index in [0.717, 1.165) is 4.90 Å². The van der Waals surface area contributed by atoms with Crippen molar-refractivity contribution < 1.29 is 14.6 Å². The molecule has 2 rings (SSSR count). The summed E-state index contributed by atoms with van der Waals surface area (Å²) in [6.45, 7) is 0. The highest BCUT2D eigenvalue weighted by molar-refractivity contribution is 7.99. The third kappa shape index (κ3) is 3.98. The lowest BCUT2D eigenvalue weighted by Crippen LogP contribution is -2.16. The molecule has 0 aliphatic rings. The zero-order valence-electron chi connectivity index (χ0n) is 10.7. The van der Waals surface area contributed by atoms with E-state index in [-0.39, 0.29) is 12.4 Å². The molecule has 19 heavy (non-hydrogen) atoms. The summed E-state index contributed by atoms with van der Waals surface area (Å²) >= 11 is 1.54. The first-order valence-corrected chi connectivity index (χ1v) is 7.04. The summed E-state index contributed by atoms with van der Waals surface area (Å²) in [4.78, 5) is 12.1. The Labute approximate surface area is 116 Å². The first-order valence-electron chi connectivity index (χ1n) is 6.05. The van der Waals surface area contributed by atoms with Crippen molar-refractivity contribution in [2.75, 3.05) is 12.9 Å². The van der Waals surface area contributed by atoms with Gasteiger partial charge in [0, 0.05) is 10.6 Å². The number of aliphatic hydroxyl groups is 1. The van der Waals surface area contributed by atoms with Crippen molar-refractivity contribution in [3.63, 3.8) is 0 Å². The number of carbonyl (C=O) groups excluding carboxylic acids is 1. The monoisotopic (exact) mass is 276 g/mol. The Hall–Kier alpha value is -1.52. The Morgan fingerprint density at radius 3 is 2.74 bits per heavy atom. The number of rotatable bonds is 5. The Kier molecular flexibility index (Phi) is 4.82. The van der Waals surface area contributed by atoms with E-state index < -0.39 is 6.10 Å². The molecular weight excluding hydrogens is 260 g/mol. The predicted molar refractivity (Wildman–Crippen MR) is 77.3 cm³/mol. The van der Waals surface area contributed by atoms with Crippen molar-refractivity contribution in [3.8, 4) is 0 Å². The summed E-state index contributed by atoms with van der Waals surface area (Å²) in [5.41, 5.74) is 0. The van der Waals surface area contributed by atoms with Gasteiger partial charge in [0.05, 0.1) is 19.6 Å². The number of benzene rings is 2. The SMILES string of the molecule is COC(=O)CC(O)CSc1ccc2ccccc2c1. The maximum atomic E-state index is 11.0. The molecule has 0 saturated carbocycles. The molecule has 1 N–H and O–H groups in total. The van der Waals surface area contributed by atoms with E-state index in [4.69, 9.17) is 0 Å². The molecule has 0 saturated heterocycles. The highest BCUT2D eigenvalue weighted by atomic mass is 32.2. The van der Waals surface area contributed by atoms with Crippen LogP contribution in [0.2, 0.25) is 0 Å². The summed E-state index contributed by atoms with van der Waals surface area (Å²) in [5.74, 6) is 0.0968. The van der Waals surface area contributed by atoms with Crippen molar-refractivity contribution in [2.24, 2.45) is 0 Å². The van der Waals surface area contributed by atoms with Gasteiger partial charge in [-0.2, -0.15) is 0 Å². The lowest BCUT2D eigenvalue weighted by Gasteiger charge is -2.09. The maximum absolute atomic E-state index is 11.0. The smallest absolute Gasteiger partial charge is 0.308 e. The molecule has 0 aromatic heterocycles. The van der Waals surface area contributed by atoms with Crippen LogP contribution in [0, 0.1) is 0 Å². The van der Waals surface area contributed by atoms with Crippen LogP contribution < -0.4 is 0 Å². The molecular formula is C15H16O3S. The van der Waals surface area contributed by atoms with E-state index in [9.17, 15) is 9.90 Å². The third-order valence-electron chi connectivity index (χ3n) is 2.79. The van der Waals surface area contributed by atoms with Crippen LogP contribution in [-0.2, 0) is 9.53 Å². The van der Waals surface area contributed by atoms with Crippen molar-refractivity contribution in [3.05, 3.63) is 42.5 Å². The van der Waals surface area contributed by atoms with E-state index in [2.05, 4.69) is 29.0 Å². The van der Waals surface area contributed by atoms with Crippen molar-refractivity contribution in [2.45, 2.75) is 17.4 Å². The second-order valence-electron chi connectivity index (χ2n) is 4.25. The first-order chi connectivity index (χ1) is 9.19. The topological polar surface area (TPSA) is 46.5 Å². The van der Waals surface area contributed by atoms with Gasteiger partial charge in [-0.25, -0.2) is 0 Å². The van der Waals surface area contributed by atoms with Gasteiger partial charge >= 0.3 is 5.97 Å². The standard InChI is InChI=1S/C15H16O3S/c1-18-15(17)9-13(16)10-19-14-7-6-11-4-2-3-5-12(11)8-14/h2-8,13,16H,9-10H2,1H3. The number of thioether (sulfide) groups is 1. The highest BCUT2D eigenvalue weighted by Crippen LogP contribution is 2.24. The van der Waals surface area contributed by atoms with E-state index in [1.807, 2.05) is 18.2 Å². The van der Waals surface area contributed by atoms with Gasteiger partial charge in [-0.05, 0) is 22.9 Å². The molecule has 4 heteroatoms. The van der Waals surface area contributed by atoms with Crippen LogP contribution >= 0.6 is 11.8 Å². The minimum atomic E-state index is -0.677. The van der Waals surface area contributed by atoms with Crippen molar-refractivity contribution in [1.29, 1.82) is 0 Å². The first kappa shape index (κ1) is 13.9. The quantitative estimate of drug-likeness (QED) is 0.674. The van der Waals surface area contributed by atoms with Gasteiger partial charge in [-0.3, -0.25) is 4.79 Å². The maximum Gasteiger partial charge on any atom is 0.308 e. The summed E-state index contributed by atoms with van der Waals surface area (Å²) in [6, 6.07) is 14.3. The molecule has 100 valence electrons. The Morgan fingerprint density at radius 2 is 2.00 bits per heavy atom. The minimum absolute atomic E-state index is 0.0388. The van der Waals surface area contributed by atoms with Gasteiger partial charge in [-0.1, -0.05) is 30.3 Å². The normalized spacial score (nSPS) is 12.3. The van der Waals surface area contributed by atoms with Crippen LogP contribution in [-0.4, -0.2) is 30.0 Å². The largest absolute Gasteiger partial charge is 0.469 e. The fourth-order valence-electron chi connectivity index (χ4n) is 1.78. The van der Waals surface area contributed by atoms with Crippen LogP contribution in [0.15, 0.2) is 47.4 Å². The average molecular weight is 276 g/mol. The molecule has 0 aliphatic carbocycles. The van der Waals surface area contributed by atoms with E-state index >= 15 is 0 Å². The molecule has 2 aromatic carbocycles. The van der Waals surface area contributed by atoms with E-state index in [1.165, 1.54) is 29.6 Å². The lowest BCUT2D eigenvalue weighted by atomic mass is 10.1. The van der Waals surface area contributed by atoms with Crippen molar-refractivity contribution in [1.82, 2.24) is 0 Å². The van der Waals surface area contributed by atoms with Crippen molar-refractivity contribution >= 4 is 28.5 Å². The number of aliphatic hydroxyl groups excluding tert-OH is 1. The van der Waals surface area contributed by atoms with Gasteiger partial charge in [0.2, 0.25) is 0 Å². The lowest BCUT2D eigenvalue weighted by molar-refractivity contribution is -0.142. The van der Waals surface area contributed by atoms with Gasteiger partial charge in [-0.15, -0.1) is 11.8 Å². The second-order valence-corrected chi connectivity index (χ2v) is 5.35. The van der Waals surface area contributed by atoms with Crippen LogP contribution in [0.5, 0.6) is 0 Å². The summed E-state index contributed by atoms with van der Waals surface area (Å²) < 4.78 is 4.52. The van der Waals surface area contributed by atoms with Crippen LogP contribution in [0.3, 0.4) is 0 Å². The molecule has 0 radical (unpaired) electrons. The fourth-order valence-corrected chi connectivity index (χ4v) is 2.66. The zero-order chi connectivity index (χ0) is 13.7. The summed E-state index contributed by atoms with van der Waals surface area (Å²) in [6.07, 6.45) is -0.638. The van der Waals surface area contributed by atoms with Crippen LogP contribution in [0.1, 0.15) is 6.42 Å². The second kappa shape index (κ2) is 6.59. The summed E-state index contributed by atoms with van der Waals surface area (Å²) in [7, 11) is 1.32. The molecule has 1 unspecified atom stereocenters. The molecule has 0 aliphatic heterocycles. The zero-order valence-corrected chi connectivity index (χ0v) is 11.5. The summed E-state index contributed by atoms with van der Waals surface area (Å²) in [5, 5.41) is 12.1. The molecule has 0 amide bonds. The number of esters is 1. The number of carbonyl (C=O) groups is 1. The van der Waals surface area contributed by atoms with Gasteiger partial charge in [0.15, 0.2) is 0 Å². The molecule has 0 fully saturated rings. The number of fused-ring (bicyclic) bond motifs is 1.